The van der Waals surface area contributed by atoms with Crippen molar-refractivity contribution in [1.82, 2.24) is 25.5 Å². The molecule has 1 aliphatic rings. The quantitative estimate of drug-likeness (QED) is 0.106. The predicted molar refractivity (Wildman–Crippen MR) is 191 cm³/mol. The minimum atomic E-state index is -0.405. The fourth-order valence-corrected chi connectivity index (χ4v) is 6.57. The van der Waals surface area contributed by atoms with E-state index in [1.807, 2.05) is 36.5 Å². The number of ether oxygens (including phenoxy) is 3. The van der Waals surface area contributed by atoms with Crippen LogP contribution in [0.2, 0.25) is 0 Å². The number of carbonyl (C=O) groups excluding carboxylic acids is 2. The lowest BCUT2D eigenvalue weighted by molar-refractivity contribution is -0.119. The van der Waals surface area contributed by atoms with Crippen molar-refractivity contribution in [3.8, 4) is 28.4 Å². The highest BCUT2D eigenvalue weighted by atomic mass is 16.5. The van der Waals surface area contributed by atoms with Gasteiger partial charge in [-0.2, -0.15) is 4.98 Å². The van der Waals surface area contributed by atoms with Gasteiger partial charge in [-0.15, -0.1) is 5.10 Å². The Morgan fingerprint density at radius 3 is 2.60 bits per heavy atom. The Hall–Kier alpha value is -5.85. The third-order valence-electron chi connectivity index (χ3n) is 8.90. The lowest BCUT2D eigenvalue weighted by atomic mass is 9.95. The molecule has 3 aromatic carbocycles. The molecule has 13 nitrogen and oxygen atoms in total. The predicted octanol–water partition coefficient (Wildman–Crippen LogP) is 5.08. The molecule has 5 N–H and O–H groups in total. The Morgan fingerprint density at radius 2 is 1.82 bits per heavy atom. The molecule has 2 heterocycles. The first kappa shape index (κ1) is 34.0. The monoisotopic (exact) mass is 679 g/mol. The minimum absolute atomic E-state index is 0.198. The molecule has 2 aromatic heterocycles. The third kappa shape index (κ3) is 7.26. The smallest absolute Gasteiger partial charge is 0.248 e. The molecule has 0 saturated carbocycles. The number of fused-ring (bicyclic) bond motifs is 4. The second-order valence-electron chi connectivity index (χ2n) is 12.1. The number of hydrogen-bond acceptors (Lipinski definition) is 9. The van der Waals surface area contributed by atoms with Crippen LogP contribution in [0.25, 0.3) is 22.0 Å². The number of carbonyl (C=O) groups is 2. The van der Waals surface area contributed by atoms with Crippen LogP contribution in [-0.2, 0) is 28.9 Å². The Kier molecular flexibility index (Phi) is 10.3. The molecule has 0 saturated heterocycles. The van der Waals surface area contributed by atoms with Crippen LogP contribution >= 0.6 is 0 Å². The summed E-state index contributed by atoms with van der Waals surface area (Å²) >= 11 is 0. The van der Waals surface area contributed by atoms with Gasteiger partial charge in [0.05, 0.1) is 33.1 Å². The Balaban J connectivity index is 1.11. The number of amides is 2. The third-order valence-corrected chi connectivity index (χ3v) is 8.90. The largest absolute Gasteiger partial charge is 0.493 e. The van der Waals surface area contributed by atoms with E-state index in [0.29, 0.717) is 66.6 Å². The van der Waals surface area contributed by atoms with Crippen LogP contribution < -0.4 is 35.6 Å². The molecule has 0 spiro atoms. The maximum absolute atomic E-state index is 13.5. The molecule has 0 unspecified atom stereocenters. The normalized spacial score (nSPS) is 13.5. The van der Waals surface area contributed by atoms with E-state index in [-0.39, 0.29) is 29.6 Å². The molecule has 6 rings (SSSR count). The van der Waals surface area contributed by atoms with Gasteiger partial charge in [0, 0.05) is 49.0 Å². The van der Waals surface area contributed by atoms with E-state index in [2.05, 4.69) is 42.2 Å². The number of rotatable bonds is 13. The highest BCUT2D eigenvalue weighted by molar-refractivity contribution is 5.89. The fraction of sp³-hybridized carbons (Fsp3) is 0.324. The van der Waals surface area contributed by atoms with Crippen molar-refractivity contribution in [2.24, 2.45) is 0 Å². The number of methoxy groups -OCH3 is 3. The number of aromatic amines is 2. The van der Waals surface area contributed by atoms with Gasteiger partial charge in [0.25, 0.3) is 0 Å². The van der Waals surface area contributed by atoms with Crippen molar-refractivity contribution >= 4 is 34.4 Å². The van der Waals surface area contributed by atoms with Gasteiger partial charge < -0.3 is 29.8 Å². The van der Waals surface area contributed by atoms with E-state index in [1.54, 1.807) is 33.5 Å². The first-order chi connectivity index (χ1) is 24.3. The van der Waals surface area contributed by atoms with Crippen LogP contribution in [0.5, 0.6) is 17.2 Å². The number of benzene rings is 2. The standard InChI is InChI=1S/C37H41N7O6/c1-21(45)40-28-14-11-22-18-31(48-2)35(49-3)36(50-4)34(22)25-13-15-29(30(46)19-26(25)28)38-17-7-10-33(47)42-37-41-32(43-44-37)16-12-23-20-39-27-9-6-5-8-24(23)27/h5-6,8-9,13,15,18-20,28,39H,7,10-12,14,16-17H2,1-4H3,(H,38,46)(H,40,45)(H2,41,42,43,44,47)/t28-/m0/s1. The summed E-state index contributed by atoms with van der Waals surface area (Å²) in [4.78, 5) is 46.1. The van der Waals surface area contributed by atoms with Gasteiger partial charge in [-0.1, -0.05) is 24.3 Å². The summed E-state index contributed by atoms with van der Waals surface area (Å²) in [5.41, 5.74) is 5.55. The van der Waals surface area contributed by atoms with Crippen LogP contribution in [0, 0.1) is 0 Å². The van der Waals surface area contributed by atoms with Crippen molar-refractivity contribution in [2.45, 2.75) is 51.5 Å². The lowest BCUT2D eigenvalue weighted by Crippen LogP contribution is -2.26. The van der Waals surface area contributed by atoms with Gasteiger partial charge >= 0.3 is 0 Å². The van der Waals surface area contributed by atoms with Crippen molar-refractivity contribution in [3.05, 3.63) is 87.5 Å². The summed E-state index contributed by atoms with van der Waals surface area (Å²) in [7, 11) is 4.67. The fourth-order valence-electron chi connectivity index (χ4n) is 6.57. The maximum Gasteiger partial charge on any atom is 0.248 e. The van der Waals surface area contributed by atoms with Gasteiger partial charge in [-0.25, -0.2) is 0 Å². The summed E-state index contributed by atoms with van der Waals surface area (Å²) in [6.45, 7) is 1.84. The molecule has 50 heavy (non-hydrogen) atoms. The Labute approximate surface area is 289 Å². The van der Waals surface area contributed by atoms with E-state index in [4.69, 9.17) is 14.2 Å². The summed E-state index contributed by atoms with van der Waals surface area (Å²) < 4.78 is 17.1. The van der Waals surface area contributed by atoms with Crippen LogP contribution in [-0.4, -0.2) is 59.9 Å². The second-order valence-corrected chi connectivity index (χ2v) is 12.1. The van der Waals surface area contributed by atoms with Gasteiger partial charge in [0.15, 0.2) is 11.5 Å². The molecule has 0 radical (unpaired) electrons. The molecule has 260 valence electrons. The topological polar surface area (TPSA) is 172 Å². The van der Waals surface area contributed by atoms with E-state index >= 15 is 0 Å². The number of nitrogens with zero attached hydrogens (tertiary/aromatic N) is 2. The van der Waals surface area contributed by atoms with Gasteiger partial charge in [-0.05, 0) is 72.2 Å². The Bertz CT molecular complexity index is 2090. The van der Waals surface area contributed by atoms with Gasteiger partial charge in [0.2, 0.25) is 28.9 Å². The number of para-hydroxylation sites is 1. The zero-order chi connectivity index (χ0) is 35.2. The van der Waals surface area contributed by atoms with Crippen LogP contribution in [0.1, 0.15) is 54.7 Å². The Morgan fingerprint density at radius 1 is 1.00 bits per heavy atom. The van der Waals surface area contributed by atoms with E-state index in [0.717, 1.165) is 28.6 Å². The SMILES string of the molecule is COc1cc2c(c(OC)c1OC)-c1ccc(NCCCC(=O)Nc3n[nH]c(CCc4c[nH]c5ccccc45)n3)c(=O)cc1[C@@H](NC(C)=O)CC2. The number of anilines is 2. The lowest BCUT2D eigenvalue weighted by Gasteiger charge is -2.19. The number of hydrogen-bond donors (Lipinski definition) is 5. The second kappa shape index (κ2) is 15.1. The number of H-pyrrole nitrogens is 2. The van der Waals surface area contributed by atoms with Crippen molar-refractivity contribution in [1.29, 1.82) is 0 Å². The van der Waals surface area contributed by atoms with Crippen molar-refractivity contribution in [3.63, 3.8) is 0 Å². The van der Waals surface area contributed by atoms with Crippen molar-refractivity contribution < 1.29 is 23.8 Å². The first-order valence-electron chi connectivity index (χ1n) is 16.6. The zero-order valence-electron chi connectivity index (χ0n) is 28.6. The van der Waals surface area contributed by atoms with E-state index in [1.165, 1.54) is 17.9 Å². The molecule has 1 atom stereocenters. The zero-order valence-corrected chi connectivity index (χ0v) is 28.6. The highest BCUT2D eigenvalue weighted by Gasteiger charge is 2.29. The maximum atomic E-state index is 13.5. The molecule has 0 aliphatic heterocycles. The molecule has 1 aliphatic carbocycles. The van der Waals surface area contributed by atoms with Crippen molar-refractivity contribution in [2.75, 3.05) is 38.5 Å². The average molecular weight is 680 g/mol. The van der Waals surface area contributed by atoms with Gasteiger partial charge in [0.1, 0.15) is 5.82 Å². The van der Waals surface area contributed by atoms with Crippen LogP contribution in [0.3, 0.4) is 0 Å². The van der Waals surface area contributed by atoms with Crippen LogP contribution in [0.15, 0.2) is 59.5 Å². The van der Waals surface area contributed by atoms with E-state index < -0.39 is 6.04 Å². The summed E-state index contributed by atoms with van der Waals surface area (Å²) in [6.07, 6.45) is 5.27. The van der Waals surface area contributed by atoms with E-state index in [9.17, 15) is 14.4 Å². The number of aromatic nitrogens is 4. The molecule has 0 fully saturated rings. The molecular weight excluding hydrogens is 638 g/mol. The average Bonchev–Trinajstić information content (AvgIpc) is 3.67. The number of nitrogens with one attached hydrogen (secondary N) is 5. The van der Waals surface area contributed by atoms with Gasteiger partial charge in [-0.3, -0.25) is 24.8 Å². The molecular formula is C37H41N7O6. The molecule has 5 aromatic rings. The molecule has 0 bridgehead atoms. The highest BCUT2D eigenvalue weighted by Crippen LogP contribution is 2.50. The minimum Gasteiger partial charge on any atom is -0.493 e. The number of aryl methyl sites for hydroxylation is 3. The summed E-state index contributed by atoms with van der Waals surface area (Å²) in [6, 6.07) is 14.8. The molecule has 13 heteroatoms. The summed E-state index contributed by atoms with van der Waals surface area (Å²) in [5.74, 6) is 1.94. The summed E-state index contributed by atoms with van der Waals surface area (Å²) in [5, 5.41) is 17.2. The molecule has 2 amide bonds. The first-order valence-corrected chi connectivity index (χ1v) is 16.6. The van der Waals surface area contributed by atoms with Crippen LogP contribution in [0.4, 0.5) is 11.6 Å².